The van der Waals surface area contributed by atoms with Gasteiger partial charge in [0.1, 0.15) is 11.6 Å². The highest BCUT2D eigenvalue weighted by Crippen LogP contribution is 2.21. The van der Waals surface area contributed by atoms with E-state index in [-0.39, 0.29) is 10.6 Å². The molecule has 4 nitrogen and oxygen atoms in total. The van der Waals surface area contributed by atoms with E-state index in [1.165, 1.54) is 13.0 Å². The molecule has 0 saturated heterocycles. The van der Waals surface area contributed by atoms with Crippen molar-refractivity contribution in [2.75, 3.05) is 5.75 Å². The van der Waals surface area contributed by atoms with E-state index >= 15 is 0 Å². The van der Waals surface area contributed by atoms with Gasteiger partial charge in [0.25, 0.3) is 0 Å². The second-order valence-electron chi connectivity index (χ2n) is 3.09. The Labute approximate surface area is 101 Å². The Morgan fingerprint density at radius 2 is 2.00 bits per heavy atom. The van der Waals surface area contributed by atoms with Crippen molar-refractivity contribution in [1.82, 2.24) is 10.9 Å². The number of hydrazine groups is 1. The zero-order chi connectivity index (χ0) is 12.8. The minimum atomic E-state index is -0.720. The lowest BCUT2D eigenvalue weighted by Gasteiger charge is -2.05. The fourth-order valence-electron chi connectivity index (χ4n) is 0.929. The first-order chi connectivity index (χ1) is 7.99. The summed E-state index contributed by atoms with van der Waals surface area (Å²) in [6, 6.07) is 3.10. The van der Waals surface area contributed by atoms with Crippen molar-refractivity contribution in [2.45, 2.75) is 11.8 Å². The molecule has 2 amide bonds. The fraction of sp³-hybridized carbons (Fsp3) is 0.200. The predicted octanol–water partition coefficient (Wildman–Crippen LogP) is 1.22. The molecular formula is C10H10F2N2O2S. The van der Waals surface area contributed by atoms with Gasteiger partial charge in [-0.3, -0.25) is 20.4 Å². The molecule has 0 spiro atoms. The number of carbonyl (C=O) groups excluding carboxylic acids is 2. The molecule has 2 N–H and O–H groups in total. The van der Waals surface area contributed by atoms with Gasteiger partial charge in [0.15, 0.2) is 0 Å². The third-order valence-electron chi connectivity index (χ3n) is 1.63. The maximum Gasteiger partial charge on any atom is 0.248 e. The molecule has 0 fully saturated rings. The van der Waals surface area contributed by atoms with Crippen molar-refractivity contribution in [3.63, 3.8) is 0 Å². The van der Waals surface area contributed by atoms with Crippen molar-refractivity contribution in [1.29, 1.82) is 0 Å². The Morgan fingerprint density at radius 1 is 1.29 bits per heavy atom. The molecule has 0 aliphatic carbocycles. The minimum Gasteiger partial charge on any atom is -0.274 e. The summed E-state index contributed by atoms with van der Waals surface area (Å²) in [5, 5.41) is 0. The predicted molar refractivity (Wildman–Crippen MR) is 59.0 cm³/mol. The van der Waals surface area contributed by atoms with E-state index in [0.29, 0.717) is 0 Å². The van der Waals surface area contributed by atoms with Crippen LogP contribution in [0, 0.1) is 11.6 Å². The Balaban J connectivity index is 2.44. The van der Waals surface area contributed by atoms with Crippen molar-refractivity contribution in [3.05, 3.63) is 29.8 Å². The van der Waals surface area contributed by atoms with Gasteiger partial charge in [-0.25, -0.2) is 8.78 Å². The standard InChI is InChI=1S/C10H10F2N2O2S/c1-6(15)13-14-10(16)5-17-9-3-2-7(11)4-8(9)12/h2-4H,5H2,1H3,(H,13,15)(H,14,16). The average Bonchev–Trinajstić information content (AvgIpc) is 2.25. The van der Waals surface area contributed by atoms with Crippen LogP contribution in [0.2, 0.25) is 0 Å². The molecule has 0 aliphatic heterocycles. The first kappa shape index (κ1) is 13.4. The van der Waals surface area contributed by atoms with Crippen LogP contribution in [0.3, 0.4) is 0 Å². The lowest BCUT2D eigenvalue weighted by atomic mass is 10.3. The number of thioether (sulfide) groups is 1. The Bertz CT molecular complexity index is 440. The van der Waals surface area contributed by atoms with Crippen molar-refractivity contribution in [2.24, 2.45) is 0 Å². The van der Waals surface area contributed by atoms with E-state index in [9.17, 15) is 18.4 Å². The first-order valence-electron chi connectivity index (χ1n) is 4.62. The van der Waals surface area contributed by atoms with Crippen LogP contribution in [0.15, 0.2) is 23.1 Å². The van der Waals surface area contributed by atoms with Crippen LogP contribution in [-0.2, 0) is 9.59 Å². The molecule has 0 heterocycles. The molecule has 17 heavy (non-hydrogen) atoms. The molecule has 0 unspecified atom stereocenters. The SMILES string of the molecule is CC(=O)NNC(=O)CSc1ccc(F)cc1F. The Morgan fingerprint density at radius 3 is 2.59 bits per heavy atom. The molecule has 0 atom stereocenters. The minimum absolute atomic E-state index is 0.0805. The summed E-state index contributed by atoms with van der Waals surface area (Å²) >= 11 is 0.911. The normalized spacial score (nSPS) is 9.82. The second-order valence-corrected chi connectivity index (χ2v) is 4.11. The van der Waals surface area contributed by atoms with Gasteiger partial charge in [-0.2, -0.15) is 0 Å². The van der Waals surface area contributed by atoms with Gasteiger partial charge in [-0.1, -0.05) is 0 Å². The van der Waals surface area contributed by atoms with Gasteiger partial charge in [0.05, 0.1) is 5.75 Å². The zero-order valence-electron chi connectivity index (χ0n) is 8.92. The lowest BCUT2D eigenvalue weighted by Crippen LogP contribution is -2.41. The van der Waals surface area contributed by atoms with E-state index in [0.717, 1.165) is 23.9 Å². The zero-order valence-corrected chi connectivity index (χ0v) is 9.74. The number of amides is 2. The van der Waals surface area contributed by atoms with Crippen LogP contribution in [0.4, 0.5) is 8.78 Å². The van der Waals surface area contributed by atoms with Crippen molar-refractivity contribution in [3.8, 4) is 0 Å². The second kappa shape index (κ2) is 6.19. The topological polar surface area (TPSA) is 58.2 Å². The van der Waals surface area contributed by atoms with E-state index in [4.69, 9.17) is 0 Å². The third kappa shape index (κ3) is 4.81. The quantitative estimate of drug-likeness (QED) is 0.634. The van der Waals surface area contributed by atoms with Crippen LogP contribution in [0.25, 0.3) is 0 Å². The first-order valence-corrected chi connectivity index (χ1v) is 5.61. The molecule has 0 saturated carbocycles. The van der Waals surface area contributed by atoms with Gasteiger partial charge in [0, 0.05) is 17.9 Å². The molecule has 1 aromatic rings. The number of hydrogen-bond donors (Lipinski definition) is 2. The van der Waals surface area contributed by atoms with Crippen molar-refractivity contribution < 1.29 is 18.4 Å². The summed E-state index contributed by atoms with van der Waals surface area (Å²) in [5.74, 6) is -2.36. The molecule has 0 radical (unpaired) electrons. The van der Waals surface area contributed by atoms with Gasteiger partial charge in [0.2, 0.25) is 11.8 Å². The summed E-state index contributed by atoms with van der Waals surface area (Å²) in [5.41, 5.74) is 4.23. The monoisotopic (exact) mass is 260 g/mol. The van der Waals surface area contributed by atoms with E-state index in [2.05, 4.69) is 10.9 Å². The summed E-state index contributed by atoms with van der Waals surface area (Å²) in [4.78, 5) is 21.8. The van der Waals surface area contributed by atoms with Crippen LogP contribution in [0.5, 0.6) is 0 Å². The number of hydrogen-bond acceptors (Lipinski definition) is 3. The number of nitrogens with one attached hydrogen (secondary N) is 2. The summed E-state index contributed by atoms with van der Waals surface area (Å²) in [7, 11) is 0. The molecule has 0 aliphatic rings. The van der Waals surface area contributed by atoms with Gasteiger partial charge < -0.3 is 0 Å². The Hall–Kier alpha value is -1.63. The van der Waals surface area contributed by atoms with Crippen molar-refractivity contribution >= 4 is 23.6 Å². The third-order valence-corrected chi connectivity index (χ3v) is 2.68. The summed E-state index contributed by atoms with van der Waals surface area (Å²) in [6.07, 6.45) is 0. The van der Waals surface area contributed by atoms with Crippen LogP contribution in [0.1, 0.15) is 6.92 Å². The molecule has 1 rings (SSSR count). The van der Waals surface area contributed by atoms with Crippen LogP contribution >= 0.6 is 11.8 Å². The van der Waals surface area contributed by atoms with E-state index in [1.54, 1.807) is 0 Å². The highest BCUT2D eigenvalue weighted by molar-refractivity contribution is 8.00. The maximum atomic E-state index is 13.2. The number of carbonyl (C=O) groups is 2. The number of rotatable bonds is 3. The molecular weight excluding hydrogens is 250 g/mol. The average molecular weight is 260 g/mol. The molecule has 7 heteroatoms. The van der Waals surface area contributed by atoms with Gasteiger partial charge in [-0.15, -0.1) is 11.8 Å². The van der Waals surface area contributed by atoms with Crippen LogP contribution in [-0.4, -0.2) is 17.6 Å². The summed E-state index contributed by atoms with van der Waals surface area (Å²) in [6.45, 7) is 1.24. The summed E-state index contributed by atoms with van der Waals surface area (Å²) < 4.78 is 25.7. The van der Waals surface area contributed by atoms with E-state index in [1.807, 2.05) is 0 Å². The molecule has 0 aromatic heterocycles. The van der Waals surface area contributed by atoms with Gasteiger partial charge >= 0.3 is 0 Å². The highest BCUT2D eigenvalue weighted by atomic mass is 32.2. The molecule has 0 bridgehead atoms. The smallest absolute Gasteiger partial charge is 0.248 e. The van der Waals surface area contributed by atoms with E-state index < -0.39 is 23.4 Å². The maximum absolute atomic E-state index is 13.2. The van der Waals surface area contributed by atoms with Crippen LogP contribution < -0.4 is 10.9 Å². The number of benzene rings is 1. The molecule has 1 aromatic carbocycles. The Kier molecular flexibility index (Phi) is 4.89. The largest absolute Gasteiger partial charge is 0.274 e. The fourth-order valence-corrected chi connectivity index (χ4v) is 1.65. The number of halogens is 2. The lowest BCUT2D eigenvalue weighted by molar-refractivity contribution is -0.126. The molecule has 92 valence electrons. The van der Waals surface area contributed by atoms with Gasteiger partial charge in [-0.05, 0) is 12.1 Å². The highest BCUT2D eigenvalue weighted by Gasteiger charge is 2.07.